The lowest BCUT2D eigenvalue weighted by molar-refractivity contribution is -1.02. The van der Waals surface area contributed by atoms with Crippen molar-refractivity contribution >= 4 is 17.5 Å². The van der Waals surface area contributed by atoms with E-state index in [-0.39, 0.29) is 6.04 Å². The Hall–Kier alpha value is -2.12. The molecule has 7 nitrogen and oxygen atoms in total. The number of likely N-dealkylation sites (N-methyl/N-ethyl adjacent to an activating group) is 1. The van der Waals surface area contributed by atoms with Crippen molar-refractivity contribution in [1.29, 1.82) is 0 Å². The van der Waals surface area contributed by atoms with Gasteiger partial charge in [-0.25, -0.2) is 0 Å². The van der Waals surface area contributed by atoms with E-state index in [2.05, 4.69) is 46.8 Å². The Balaban J connectivity index is 2.07. The lowest BCUT2D eigenvalue weighted by Crippen LogP contribution is -3.27. The van der Waals surface area contributed by atoms with Crippen molar-refractivity contribution in [2.24, 2.45) is 0 Å². The third-order valence-electron chi connectivity index (χ3n) is 5.26. The van der Waals surface area contributed by atoms with Crippen molar-refractivity contribution in [2.45, 2.75) is 19.4 Å². The molecule has 1 aromatic rings. The van der Waals surface area contributed by atoms with Crippen LogP contribution >= 0.6 is 0 Å². The number of hydrogen-bond acceptors (Lipinski definition) is 3. The first-order valence-electron chi connectivity index (χ1n) is 9.91. The van der Waals surface area contributed by atoms with Gasteiger partial charge in [-0.2, -0.15) is 0 Å². The average Bonchev–Trinajstić information content (AvgIpc) is 2.67. The Morgan fingerprint density at radius 1 is 1.04 bits per heavy atom. The number of nitrogens with zero attached hydrogens (tertiary/aromatic N) is 1. The second kappa shape index (κ2) is 10.3. The van der Waals surface area contributed by atoms with Crippen LogP contribution in [0.1, 0.15) is 24.9 Å². The molecule has 1 heterocycles. The van der Waals surface area contributed by atoms with Gasteiger partial charge in [0.05, 0.1) is 13.6 Å². The van der Waals surface area contributed by atoms with E-state index in [9.17, 15) is 9.59 Å². The van der Waals surface area contributed by atoms with Gasteiger partial charge < -0.3 is 25.3 Å². The third kappa shape index (κ3) is 6.22. The Morgan fingerprint density at radius 2 is 1.63 bits per heavy atom. The fraction of sp³-hybridized carbons (Fsp3) is 0.600. The highest BCUT2D eigenvalue weighted by atomic mass is 16.2. The SMILES string of the molecule is CCCNC(=O)C(=O)NC[C@@H](c1ccc(N(C)C)cc1)[NH+]1CC[NH+](C)CC1. The minimum atomic E-state index is -0.545. The summed E-state index contributed by atoms with van der Waals surface area (Å²) in [7, 11) is 6.27. The van der Waals surface area contributed by atoms with Gasteiger partial charge in [0.1, 0.15) is 32.2 Å². The lowest BCUT2D eigenvalue weighted by atomic mass is 10.0. The molecule has 150 valence electrons. The monoisotopic (exact) mass is 377 g/mol. The average molecular weight is 378 g/mol. The Labute approximate surface area is 162 Å². The van der Waals surface area contributed by atoms with E-state index in [0.717, 1.165) is 38.3 Å². The first-order valence-corrected chi connectivity index (χ1v) is 9.91. The normalized spacial score (nSPS) is 20.6. The number of piperazine rings is 1. The minimum absolute atomic E-state index is 0.150. The summed E-state index contributed by atoms with van der Waals surface area (Å²) in [5.41, 5.74) is 2.35. The second-order valence-corrected chi connectivity index (χ2v) is 7.62. The molecule has 7 heteroatoms. The van der Waals surface area contributed by atoms with E-state index in [1.807, 2.05) is 21.0 Å². The van der Waals surface area contributed by atoms with Gasteiger partial charge in [-0.15, -0.1) is 0 Å². The summed E-state index contributed by atoms with van der Waals surface area (Å²) in [6.45, 7) is 7.30. The van der Waals surface area contributed by atoms with Gasteiger partial charge in [0, 0.05) is 31.9 Å². The maximum Gasteiger partial charge on any atom is 0.309 e. The molecule has 0 saturated carbocycles. The number of anilines is 1. The second-order valence-electron chi connectivity index (χ2n) is 7.62. The summed E-state index contributed by atoms with van der Waals surface area (Å²) in [4.78, 5) is 29.1. The molecule has 1 aromatic carbocycles. The van der Waals surface area contributed by atoms with Crippen LogP contribution in [0.4, 0.5) is 5.69 Å². The predicted octanol–water partition coefficient (Wildman–Crippen LogP) is -2.15. The molecular weight excluding hydrogens is 342 g/mol. The summed E-state index contributed by atoms with van der Waals surface area (Å²) >= 11 is 0. The first-order chi connectivity index (χ1) is 12.9. The van der Waals surface area contributed by atoms with Gasteiger partial charge in [0.25, 0.3) is 0 Å². The summed E-state index contributed by atoms with van der Waals surface area (Å²) in [5, 5.41) is 5.48. The highest BCUT2D eigenvalue weighted by molar-refractivity contribution is 6.35. The smallest absolute Gasteiger partial charge is 0.309 e. The maximum atomic E-state index is 12.1. The summed E-state index contributed by atoms with van der Waals surface area (Å²) in [5.74, 6) is -1.09. The predicted molar refractivity (Wildman–Crippen MR) is 107 cm³/mol. The zero-order chi connectivity index (χ0) is 19.8. The number of carbonyl (C=O) groups excluding carboxylic acids is 2. The molecular formula is C20H35N5O2+2. The van der Waals surface area contributed by atoms with E-state index in [4.69, 9.17) is 0 Å². The Kier molecular flexibility index (Phi) is 8.06. The van der Waals surface area contributed by atoms with Crippen molar-refractivity contribution in [3.63, 3.8) is 0 Å². The molecule has 1 aliphatic rings. The van der Waals surface area contributed by atoms with Gasteiger partial charge in [0.2, 0.25) is 0 Å². The van der Waals surface area contributed by atoms with Crippen LogP contribution in [0.25, 0.3) is 0 Å². The van der Waals surface area contributed by atoms with E-state index in [0.29, 0.717) is 13.1 Å². The number of carbonyl (C=O) groups is 2. The fourth-order valence-corrected chi connectivity index (χ4v) is 3.44. The molecule has 2 rings (SSSR count). The van der Waals surface area contributed by atoms with Crippen LogP contribution in [-0.4, -0.2) is 72.2 Å². The highest BCUT2D eigenvalue weighted by Gasteiger charge is 2.30. The molecule has 1 fully saturated rings. The van der Waals surface area contributed by atoms with Crippen LogP contribution in [0.15, 0.2) is 24.3 Å². The van der Waals surface area contributed by atoms with Crippen LogP contribution in [0.3, 0.4) is 0 Å². The number of benzene rings is 1. The summed E-state index contributed by atoms with van der Waals surface area (Å²) < 4.78 is 0. The van der Waals surface area contributed by atoms with Gasteiger partial charge >= 0.3 is 11.8 Å². The standard InChI is InChI=1S/C20H33N5O2/c1-5-10-21-19(26)20(27)22-15-18(25-13-11-24(4)12-14-25)16-6-8-17(9-7-16)23(2)3/h6-9,18H,5,10-15H2,1-4H3,(H,21,26)(H,22,27)/p+2/t18-/m0/s1. The molecule has 0 aromatic heterocycles. The van der Waals surface area contributed by atoms with Gasteiger partial charge in [-0.05, 0) is 18.6 Å². The largest absolute Gasteiger partial charge is 0.378 e. The number of hydrogen-bond donors (Lipinski definition) is 4. The molecule has 0 radical (unpaired) electrons. The van der Waals surface area contributed by atoms with E-state index in [1.54, 1.807) is 4.90 Å². The molecule has 1 saturated heterocycles. The maximum absolute atomic E-state index is 12.1. The van der Waals surface area contributed by atoms with Crippen molar-refractivity contribution in [3.05, 3.63) is 29.8 Å². The van der Waals surface area contributed by atoms with Gasteiger partial charge in [-0.3, -0.25) is 9.59 Å². The Morgan fingerprint density at radius 3 is 2.19 bits per heavy atom. The van der Waals surface area contributed by atoms with Crippen molar-refractivity contribution in [1.82, 2.24) is 10.6 Å². The highest BCUT2D eigenvalue weighted by Crippen LogP contribution is 2.16. The summed E-state index contributed by atoms with van der Waals surface area (Å²) in [6, 6.07) is 8.65. The topological polar surface area (TPSA) is 70.3 Å². The number of amides is 2. The quantitative estimate of drug-likeness (QED) is 0.410. The van der Waals surface area contributed by atoms with Crippen molar-refractivity contribution < 1.29 is 19.4 Å². The zero-order valence-corrected chi connectivity index (χ0v) is 17.1. The number of quaternary nitrogens is 2. The van der Waals surface area contributed by atoms with E-state index >= 15 is 0 Å². The Bertz CT molecular complexity index is 609. The first kappa shape index (κ1) is 21.2. The molecule has 4 N–H and O–H groups in total. The van der Waals surface area contributed by atoms with E-state index in [1.165, 1.54) is 10.5 Å². The zero-order valence-electron chi connectivity index (χ0n) is 17.1. The van der Waals surface area contributed by atoms with Crippen molar-refractivity contribution in [2.75, 3.05) is 65.3 Å². The summed E-state index contributed by atoms with van der Waals surface area (Å²) in [6.07, 6.45) is 0.813. The third-order valence-corrected chi connectivity index (χ3v) is 5.26. The number of nitrogens with one attached hydrogen (secondary N) is 4. The fourth-order valence-electron chi connectivity index (χ4n) is 3.44. The van der Waals surface area contributed by atoms with Crippen LogP contribution in [0.5, 0.6) is 0 Å². The molecule has 0 spiro atoms. The number of rotatable bonds is 7. The van der Waals surface area contributed by atoms with Crippen molar-refractivity contribution in [3.8, 4) is 0 Å². The molecule has 0 unspecified atom stereocenters. The molecule has 1 atom stereocenters. The van der Waals surface area contributed by atoms with Crippen LogP contribution in [0, 0.1) is 0 Å². The lowest BCUT2D eigenvalue weighted by Gasteiger charge is -2.33. The van der Waals surface area contributed by atoms with E-state index < -0.39 is 11.8 Å². The van der Waals surface area contributed by atoms with Gasteiger partial charge in [0.15, 0.2) is 0 Å². The molecule has 0 bridgehead atoms. The molecule has 27 heavy (non-hydrogen) atoms. The van der Waals surface area contributed by atoms with Crippen LogP contribution in [-0.2, 0) is 9.59 Å². The minimum Gasteiger partial charge on any atom is -0.378 e. The van der Waals surface area contributed by atoms with Crippen LogP contribution < -0.4 is 25.3 Å². The molecule has 0 aliphatic carbocycles. The van der Waals surface area contributed by atoms with Crippen LogP contribution in [0.2, 0.25) is 0 Å². The van der Waals surface area contributed by atoms with Gasteiger partial charge in [-0.1, -0.05) is 19.1 Å². The molecule has 2 amide bonds. The molecule has 1 aliphatic heterocycles.